The average molecular weight is 349 g/mol. The van der Waals surface area contributed by atoms with Gasteiger partial charge in [-0.3, -0.25) is 19.2 Å². The van der Waals surface area contributed by atoms with Crippen LogP contribution in [-0.4, -0.2) is 49.9 Å². The number of hydrogen-bond acceptors (Lipinski definition) is 7. The molecule has 1 aliphatic heterocycles. The Hall–Kier alpha value is -2.36. The summed E-state index contributed by atoms with van der Waals surface area (Å²) in [5, 5.41) is 16.5. The van der Waals surface area contributed by atoms with Crippen molar-refractivity contribution in [3.63, 3.8) is 0 Å². The van der Waals surface area contributed by atoms with E-state index in [1.807, 2.05) is 0 Å². The van der Waals surface area contributed by atoms with Crippen molar-refractivity contribution in [1.82, 2.24) is 30.3 Å². The molecule has 0 saturated carbocycles. The second-order valence-corrected chi connectivity index (χ2v) is 6.62. The molecular weight excluding hydrogens is 330 g/mol. The molecule has 9 nitrogen and oxygen atoms in total. The number of carbonyl (C=O) groups excluding carboxylic acids is 2. The molecule has 24 heavy (non-hydrogen) atoms. The van der Waals surface area contributed by atoms with Crippen LogP contribution in [0.1, 0.15) is 24.8 Å². The van der Waals surface area contributed by atoms with Crippen molar-refractivity contribution < 1.29 is 9.59 Å². The summed E-state index contributed by atoms with van der Waals surface area (Å²) in [7, 11) is 0. The van der Waals surface area contributed by atoms with Gasteiger partial charge in [-0.15, -0.1) is 10.2 Å². The largest absolute Gasteiger partial charge is 0.354 e. The van der Waals surface area contributed by atoms with Crippen LogP contribution in [-0.2, 0) is 22.6 Å². The molecule has 1 unspecified atom stereocenters. The smallest absolute Gasteiger partial charge is 0.229 e. The van der Waals surface area contributed by atoms with E-state index >= 15 is 0 Å². The third kappa shape index (κ3) is 3.75. The zero-order valence-electron chi connectivity index (χ0n) is 13.4. The van der Waals surface area contributed by atoms with Gasteiger partial charge in [-0.1, -0.05) is 18.3 Å². The van der Waals surface area contributed by atoms with Crippen LogP contribution >= 0.6 is 11.3 Å². The van der Waals surface area contributed by atoms with E-state index < -0.39 is 0 Å². The highest BCUT2D eigenvalue weighted by Gasteiger charge is 2.36. The summed E-state index contributed by atoms with van der Waals surface area (Å²) >= 11 is 1.42. The van der Waals surface area contributed by atoms with Crippen molar-refractivity contribution in [3.05, 3.63) is 17.7 Å². The molecule has 1 N–H and O–H groups in total. The van der Waals surface area contributed by atoms with Gasteiger partial charge in [0.15, 0.2) is 0 Å². The monoisotopic (exact) mass is 349 g/mol. The van der Waals surface area contributed by atoms with Gasteiger partial charge >= 0.3 is 0 Å². The van der Waals surface area contributed by atoms with Gasteiger partial charge in [0.1, 0.15) is 17.7 Å². The first kappa shape index (κ1) is 16.5. The van der Waals surface area contributed by atoms with Crippen molar-refractivity contribution in [2.24, 2.45) is 5.92 Å². The lowest BCUT2D eigenvalue weighted by Gasteiger charge is -2.12. The Bertz CT molecular complexity index is 700. The normalized spacial score (nSPS) is 17.5. The molecule has 1 saturated heterocycles. The molecule has 1 aliphatic rings. The van der Waals surface area contributed by atoms with E-state index in [0.717, 1.165) is 17.8 Å². The SMILES string of the molecule is CCCc1nnc(N2CC(C(=O)NCCn3cncn3)CC2=O)s1. The Balaban J connectivity index is 1.52. The van der Waals surface area contributed by atoms with E-state index in [0.29, 0.717) is 24.8 Å². The second kappa shape index (κ2) is 7.47. The van der Waals surface area contributed by atoms with Crippen LogP contribution in [0.15, 0.2) is 12.7 Å². The lowest BCUT2D eigenvalue weighted by Crippen LogP contribution is -2.34. The van der Waals surface area contributed by atoms with Crippen LogP contribution in [0.5, 0.6) is 0 Å². The zero-order valence-corrected chi connectivity index (χ0v) is 14.2. The molecule has 1 atom stereocenters. The molecule has 2 aromatic heterocycles. The molecule has 0 spiro atoms. The van der Waals surface area contributed by atoms with Crippen molar-refractivity contribution >= 4 is 28.3 Å². The molecule has 128 valence electrons. The molecule has 2 amide bonds. The number of amides is 2. The quantitative estimate of drug-likeness (QED) is 0.768. The highest BCUT2D eigenvalue weighted by atomic mass is 32.1. The van der Waals surface area contributed by atoms with Crippen LogP contribution in [0.25, 0.3) is 0 Å². The fourth-order valence-electron chi connectivity index (χ4n) is 2.52. The Kier molecular flexibility index (Phi) is 5.14. The van der Waals surface area contributed by atoms with Crippen molar-refractivity contribution in [3.8, 4) is 0 Å². The topological polar surface area (TPSA) is 106 Å². The van der Waals surface area contributed by atoms with Gasteiger partial charge in [0, 0.05) is 25.9 Å². The van der Waals surface area contributed by atoms with Gasteiger partial charge in [0.05, 0.1) is 12.5 Å². The number of nitrogens with zero attached hydrogens (tertiary/aromatic N) is 6. The second-order valence-electron chi connectivity index (χ2n) is 5.58. The minimum Gasteiger partial charge on any atom is -0.354 e. The summed E-state index contributed by atoms with van der Waals surface area (Å²) in [6.45, 7) is 3.43. The molecule has 0 bridgehead atoms. The maximum atomic E-state index is 12.2. The molecule has 0 aliphatic carbocycles. The van der Waals surface area contributed by atoms with Gasteiger partial charge in [-0.2, -0.15) is 5.10 Å². The van der Waals surface area contributed by atoms with Crippen molar-refractivity contribution in [2.45, 2.75) is 32.7 Å². The number of carbonyl (C=O) groups is 2. The van der Waals surface area contributed by atoms with Crippen LogP contribution in [0, 0.1) is 5.92 Å². The average Bonchev–Trinajstić information content (AvgIpc) is 3.28. The molecule has 2 aromatic rings. The molecule has 3 rings (SSSR count). The lowest BCUT2D eigenvalue weighted by atomic mass is 10.1. The predicted octanol–water partition coefficient (Wildman–Crippen LogP) is 0.251. The molecular formula is C14H19N7O2S. The molecule has 10 heteroatoms. The lowest BCUT2D eigenvalue weighted by molar-refractivity contribution is -0.126. The zero-order chi connectivity index (χ0) is 16.9. The first-order chi connectivity index (χ1) is 11.7. The minimum absolute atomic E-state index is 0.0781. The highest BCUT2D eigenvalue weighted by Crippen LogP contribution is 2.28. The van der Waals surface area contributed by atoms with Gasteiger partial charge in [-0.25, -0.2) is 4.98 Å². The minimum atomic E-state index is -0.355. The summed E-state index contributed by atoms with van der Waals surface area (Å²) in [4.78, 5) is 29.8. The fraction of sp³-hybridized carbons (Fsp3) is 0.571. The van der Waals surface area contributed by atoms with E-state index in [2.05, 4.69) is 32.5 Å². The van der Waals surface area contributed by atoms with E-state index in [1.165, 1.54) is 17.7 Å². The molecule has 1 fully saturated rings. The van der Waals surface area contributed by atoms with Crippen LogP contribution < -0.4 is 10.2 Å². The van der Waals surface area contributed by atoms with Gasteiger partial charge < -0.3 is 5.32 Å². The van der Waals surface area contributed by atoms with E-state index in [4.69, 9.17) is 0 Å². The Labute approximate surface area is 143 Å². The van der Waals surface area contributed by atoms with Crippen LogP contribution in [0.4, 0.5) is 5.13 Å². The van der Waals surface area contributed by atoms with E-state index in [-0.39, 0.29) is 24.2 Å². The Morgan fingerprint density at radius 1 is 1.46 bits per heavy atom. The van der Waals surface area contributed by atoms with Gasteiger partial charge in [-0.05, 0) is 6.42 Å². The van der Waals surface area contributed by atoms with Gasteiger partial charge in [0.2, 0.25) is 16.9 Å². The molecule has 3 heterocycles. The first-order valence-corrected chi connectivity index (χ1v) is 8.72. The molecule has 0 aromatic carbocycles. The standard InChI is InChI=1S/C14H19N7O2S/c1-2-3-11-18-19-14(24-11)21-7-10(6-12(21)22)13(23)16-4-5-20-9-15-8-17-20/h8-10H,2-7H2,1H3,(H,16,23). The van der Waals surface area contributed by atoms with Crippen LogP contribution in [0.3, 0.4) is 0 Å². The fourth-order valence-corrected chi connectivity index (χ4v) is 3.49. The van der Waals surface area contributed by atoms with Gasteiger partial charge in [0.25, 0.3) is 0 Å². The van der Waals surface area contributed by atoms with Crippen molar-refractivity contribution in [1.29, 1.82) is 0 Å². The first-order valence-electron chi connectivity index (χ1n) is 7.90. The Morgan fingerprint density at radius 3 is 3.08 bits per heavy atom. The highest BCUT2D eigenvalue weighted by molar-refractivity contribution is 7.15. The Morgan fingerprint density at radius 2 is 2.33 bits per heavy atom. The van der Waals surface area contributed by atoms with E-state index in [1.54, 1.807) is 15.9 Å². The number of hydrogen-bond donors (Lipinski definition) is 1. The summed E-state index contributed by atoms with van der Waals surface area (Å²) in [5.74, 6) is -0.554. The van der Waals surface area contributed by atoms with Crippen molar-refractivity contribution in [2.75, 3.05) is 18.0 Å². The predicted molar refractivity (Wildman–Crippen MR) is 87.4 cm³/mol. The number of nitrogens with one attached hydrogen (secondary N) is 1. The summed E-state index contributed by atoms with van der Waals surface area (Å²) in [5.41, 5.74) is 0. The maximum absolute atomic E-state index is 12.2. The third-order valence-corrected chi connectivity index (χ3v) is 4.76. The summed E-state index contributed by atoms with van der Waals surface area (Å²) in [6.07, 6.45) is 5.09. The van der Waals surface area contributed by atoms with E-state index in [9.17, 15) is 9.59 Å². The number of rotatable bonds is 7. The summed E-state index contributed by atoms with van der Waals surface area (Å²) in [6, 6.07) is 0. The maximum Gasteiger partial charge on any atom is 0.229 e. The number of aromatic nitrogens is 5. The third-order valence-electron chi connectivity index (χ3n) is 3.75. The van der Waals surface area contributed by atoms with Crippen LogP contribution in [0.2, 0.25) is 0 Å². The number of aryl methyl sites for hydroxylation is 1. The molecule has 0 radical (unpaired) electrons. The number of anilines is 1. The summed E-state index contributed by atoms with van der Waals surface area (Å²) < 4.78 is 1.64.